The number of hydrogen-bond acceptors (Lipinski definition) is 4. The maximum Gasteiger partial charge on any atom is 0.328 e. The largest absolute Gasteiger partial charge is 0.478 e. The first-order valence-electron chi connectivity index (χ1n) is 10.4. The third kappa shape index (κ3) is 8.74. The molecule has 0 radical (unpaired) electrons. The first-order valence-corrected chi connectivity index (χ1v) is 10.4. The molecule has 1 saturated heterocycles. The highest BCUT2D eigenvalue weighted by Crippen LogP contribution is 2.27. The molecule has 0 bridgehead atoms. The van der Waals surface area contributed by atoms with Gasteiger partial charge in [0.2, 0.25) is 0 Å². The smallest absolute Gasteiger partial charge is 0.328 e. The Morgan fingerprint density at radius 2 is 1.58 bits per heavy atom. The third-order valence-corrected chi connectivity index (χ3v) is 5.23. The molecule has 2 aromatic rings. The molecule has 0 saturated carbocycles. The SMILES string of the molecule is Cc1ccc(C(OCC2CCCCN2C)c2ccccc2)cc1.O=C(O)/C=C\C(=O)O. The van der Waals surface area contributed by atoms with Crippen LogP contribution in [0, 0.1) is 6.92 Å². The third-order valence-electron chi connectivity index (χ3n) is 5.23. The quantitative estimate of drug-likeness (QED) is 0.644. The Labute approximate surface area is 183 Å². The van der Waals surface area contributed by atoms with Gasteiger partial charge in [-0.25, -0.2) is 9.59 Å². The van der Waals surface area contributed by atoms with Gasteiger partial charge in [0.15, 0.2) is 0 Å². The molecule has 1 aliphatic heterocycles. The van der Waals surface area contributed by atoms with E-state index in [4.69, 9.17) is 14.9 Å². The second kappa shape index (κ2) is 12.7. The van der Waals surface area contributed by atoms with Crippen molar-refractivity contribution in [2.75, 3.05) is 20.2 Å². The summed E-state index contributed by atoms with van der Waals surface area (Å²) in [7, 11) is 2.22. The summed E-state index contributed by atoms with van der Waals surface area (Å²) in [5.41, 5.74) is 3.75. The minimum Gasteiger partial charge on any atom is -0.478 e. The van der Waals surface area contributed by atoms with Crippen LogP contribution in [-0.2, 0) is 14.3 Å². The van der Waals surface area contributed by atoms with Gasteiger partial charge in [0, 0.05) is 18.2 Å². The van der Waals surface area contributed by atoms with Gasteiger partial charge in [-0.3, -0.25) is 0 Å². The van der Waals surface area contributed by atoms with E-state index < -0.39 is 11.9 Å². The number of likely N-dealkylation sites (tertiary alicyclic amines) is 1. The Hall–Kier alpha value is -2.96. The molecule has 166 valence electrons. The monoisotopic (exact) mass is 425 g/mol. The zero-order chi connectivity index (χ0) is 22.6. The summed E-state index contributed by atoms with van der Waals surface area (Å²) in [5, 5.41) is 15.6. The van der Waals surface area contributed by atoms with Crippen LogP contribution in [0.15, 0.2) is 66.7 Å². The van der Waals surface area contributed by atoms with E-state index in [1.54, 1.807) is 0 Å². The van der Waals surface area contributed by atoms with E-state index in [0.29, 0.717) is 18.2 Å². The number of benzene rings is 2. The number of nitrogens with zero attached hydrogens (tertiary/aromatic N) is 1. The summed E-state index contributed by atoms with van der Waals surface area (Å²) in [6, 6.07) is 19.8. The van der Waals surface area contributed by atoms with Crippen LogP contribution in [-0.4, -0.2) is 53.3 Å². The summed E-state index contributed by atoms with van der Waals surface area (Å²) in [4.78, 5) is 21.6. The summed E-state index contributed by atoms with van der Waals surface area (Å²) >= 11 is 0. The molecule has 0 aliphatic carbocycles. The van der Waals surface area contributed by atoms with Gasteiger partial charge in [0.1, 0.15) is 6.10 Å². The fraction of sp³-hybridized carbons (Fsp3) is 0.360. The molecule has 6 nitrogen and oxygen atoms in total. The molecule has 1 aliphatic rings. The van der Waals surface area contributed by atoms with Crippen molar-refractivity contribution in [2.45, 2.75) is 38.3 Å². The predicted octanol–water partition coefficient (Wildman–Crippen LogP) is 4.30. The lowest BCUT2D eigenvalue weighted by molar-refractivity contribution is -0.134. The topological polar surface area (TPSA) is 87.1 Å². The molecule has 0 amide bonds. The maximum atomic E-state index is 9.55. The normalized spacial score (nSPS) is 17.5. The molecule has 6 heteroatoms. The Balaban J connectivity index is 0.000000366. The number of rotatable bonds is 7. The fourth-order valence-corrected chi connectivity index (χ4v) is 3.46. The van der Waals surface area contributed by atoms with E-state index in [1.165, 1.54) is 42.5 Å². The van der Waals surface area contributed by atoms with Crippen LogP contribution in [0.2, 0.25) is 0 Å². The summed E-state index contributed by atoms with van der Waals surface area (Å²) < 4.78 is 6.42. The number of aryl methyl sites for hydroxylation is 1. The van der Waals surface area contributed by atoms with Crippen LogP contribution in [0.4, 0.5) is 0 Å². The Bertz CT molecular complexity index is 832. The summed E-state index contributed by atoms with van der Waals surface area (Å²) in [6.45, 7) is 4.11. The number of ether oxygens (including phenoxy) is 1. The van der Waals surface area contributed by atoms with Gasteiger partial charge in [-0.2, -0.15) is 0 Å². The van der Waals surface area contributed by atoms with Crippen molar-refractivity contribution in [1.82, 2.24) is 4.90 Å². The zero-order valence-electron chi connectivity index (χ0n) is 18.1. The number of carboxylic acid groups (broad SMARTS) is 2. The van der Waals surface area contributed by atoms with Crippen LogP contribution < -0.4 is 0 Å². The van der Waals surface area contributed by atoms with Crippen molar-refractivity contribution in [2.24, 2.45) is 0 Å². The highest BCUT2D eigenvalue weighted by Gasteiger charge is 2.22. The Morgan fingerprint density at radius 1 is 1.00 bits per heavy atom. The Kier molecular flexibility index (Phi) is 9.94. The molecule has 3 rings (SSSR count). The van der Waals surface area contributed by atoms with Gasteiger partial charge in [-0.1, -0.05) is 66.6 Å². The zero-order valence-corrected chi connectivity index (χ0v) is 18.1. The molecule has 2 aromatic carbocycles. The van der Waals surface area contributed by atoms with E-state index in [0.717, 1.165) is 6.61 Å². The Morgan fingerprint density at radius 3 is 2.13 bits per heavy atom. The lowest BCUT2D eigenvalue weighted by atomic mass is 9.99. The minimum absolute atomic E-state index is 0.0205. The number of carboxylic acids is 2. The molecule has 1 fully saturated rings. The second-order valence-corrected chi connectivity index (χ2v) is 7.67. The number of carbonyl (C=O) groups is 2. The standard InChI is InChI=1S/C21H27NO.C4H4O4/c1-17-11-13-19(14-12-17)21(18-8-4-3-5-9-18)23-16-20-10-6-7-15-22(20)2;5-3(6)1-2-4(7)8/h3-5,8-9,11-14,20-21H,6-7,10,15-16H2,1-2H3;1-2H,(H,5,6)(H,7,8)/b;2-1-. The van der Waals surface area contributed by atoms with Crippen molar-refractivity contribution in [1.29, 1.82) is 0 Å². The molecule has 2 N–H and O–H groups in total. The minimum atomic E-state index is -1.26. The fourth-order valence-electron chi connectivity index (χ4n) is 3.46. The molecule has 1 heterocycles. The van der Waals surface area contributed by atoms with Gasteiger partial charge >= 0.3 is 11.9 Å². The lowest BCUT2D eigenvalue weighted by Gasteiger charge is -2.33. The van der Waals surface area contributed by atoms with Gasteiger partial charge in [-0.05, 0) is 44.5 Å². The number of piperidine rings is 1. The number of hydrogen-bond donors (Lipinski definition) is 2. The van der Waals surface area contributed by atoms with E-state index in [1.807, 2.05) is 0 Å². The lowest BCUT2D eigenvalue weighted by Crippen LogP contribution is -2.39. The number of aliphatic carboxylic acids is 2. The first kappa shape index (κ1) is 24.3. The molecule has 0 aromatic heterocycles. The summed E-state index contributed by atoms with van der Waals surface area (Å²) in [5.74, 6) is -2.51. The van der Waals surface area contributed by atoms with Crippen LogP contribution in [0.1, 0.15) is 42.1 Å². The van der Waals surface area contributed by atoms with E-state index >= 15 is 0 Å². The van der Waals surface area contributed by atoms with Crippen LogP contribution in [0.25, 0.3) is 0 Å². The molecule has 31 heavy (non-hydrogen) atoms. The molecule has 0 spiro atoms. The van der Waals surface area contributed by atoms with Crippen LogP contribution in [0.3, 0.4) is 0 Å². The summed E-state index contributed by atoms with van der Waals surface area (Å²) in [6.07, 6.45) is 5.01. The van der Waals surface area contributed by atoms with E-state index in [-0.39, 0.29) is 6.10 Å². The van der Waals surface area contributed by atoms with Crippen LogP contribution in [0.5, 0.6) is 0 Å². The first-order chi connectivity index (χ1) is 14.9. The van der Waals surface area contributed by atoms with Gasteiger partial charge in [0.25, 0.3) is 0 Å². The van der Waals surface area contributed by atoms with Gasteiger partial charge in [-0.15, -0.1) is 0 Å². The average Bonchev–Trinajstić information content (AvgIpc) is 2.76. The molecule has 2 unspecified atom stereocenters. The molecule has 2 atom stereocenters. The number of likely N-dealkylation sites (N-methyl/N-ethyl adjacent to an activating group) is 1. The highest BCUT2D eigenvalue weighted by atomic mass is 16.5. The van der Waals surface area contributed by atoms with Crippen molar-refractivity contribution in [3.63, 3.8) is 0 Å². The predicted molar refractivity (Wildman–Crippen MR) is 120 cm³/mol. The van der Waals surface area contributed by atoms with Crippen LogP contribution >= 0.6 is 0 Å². The highest BCUT2D eigenvalue weighted by molar-refractivity contribution is 5.89. The van der Waals surface area contributed by atoms with Gasteiger partial charge < -0.3 is 19.8 Å². The molecular weight excluding hydrogens is 394 g/mol. The van der Waals surface area contributed by atoms with Crippen molar-refractivity contribution >= 4 is 11.9 Å². The average molecular weight is 426 g/mol. The van der Waals surface area contributed by atoms with Crippen molar-refractivity contribution < 1.29 is 24.5 Å². The van der Waals surface area contributed by atoms with Crippen molar-refractivity contribution in [3.05, 3.63) is 83.4 Å². The molecular formula is C25H31NO5. The van der Waals surface area contributed by atoms with E-state index in [2.05, 4.69) is 73.5 Å². The maximum absolute atomic E-state index is 9.55. The van der Waals surface area contributed by atoms with Crippen molar-refractivity contribution in [3.8, 4) is 0 Å². The van der Waals surface area contributed by atoms with Gasteiger partial charge in [0.05, 0.1) is 6.61 Å². The second-order valence-electron chi connectivity index (χ2n) is 7.67. The van der Waals surface area contributed by atoms with E-state index in [9.17, 15) is 9.59 Å².